The Balaban J connectivity index is 2.15. The molecule has 0 radical (unpaired) electrons. The van der Waals surface area contributed by atoms with Crippen molar-refractivity contribution in [2.24, 2.45) is 0 Å². The highest BCUT2D eigenvalue weighted by atomic mass is 32.2. The Kier molecular flexibility index (Phi) is 4.88. The van der Waals surface area contributed by atoms with Crippen LogP contribution >= 0.6 is 23.3 Å². The Morgan fingerprint density at radius 1 is 1.43 bits per heavy atom. The van der Waals surface area contributed by atoms with Gasteiger partial charge in [0.2, 0.25) is 5.91 Å². The second kappa shape index (κ2) is 6.31. The third-order valence-electron chi connectivity index (χ3n) is 3.03. The molecule has 0 aliphatic carbocycles. The Morgan fingerprint density at radius 2 is 2.14 bits per heavy atom. The average Bonchev–Trinajstić information content (AvgIpc) is 3.04. The first-order chi connectivity index (χ1) is 9.83. The molecule has 2 rings (SSSR count). The van der Waals surface area contributed by atoms with Crippen LogP contribution in [0.4, 0.5) is 0 Å². The van der Waals surface area contributed by atoms with E-state index in [0.29, 0.717) is 28.6 Å². The third kappa shape index (κ3) is 3.74. The predicted octanol–water partition coefficient (Wildman–Crippen LogP) is 1.53. The highest BCUT2D eigenvalue weighted by Gasteiger charge is 2.37. The molecule has 8 heteroatoms. The van der Waals surface area contributed by atoms with Crippen molar-refractivity contribution in [1.82, 2.24) is 19.8 Å². The SMILES string of the molecule is CCc1nnsc1C(=O)N1CSC[C@H]1C(=O)NC(C)(C)C. The van der Waals surface area contributed by atoms with Crippen molar-refractivity contribution in [2.45, 2.75) is 45.7 Å². The fourth-order valence-corrected chi connectivity index (χ4v) is 3.91. The average molecular weight is 328 g/mol. The maximum atomic E-state index is 12.6. The first kappa shape index (κ1) is 16.2. The summed E-state index contributed by atoms with van der Waals surface area (Å²) in [6, 6.07) is -0.423. The lowest BCUT2D eigenvalue weighted by Gasteiger charge is -2.27. The van der Waals surface area contributed by atoms with Crippen LogP contribution in [0.3, 0.4) is 0 Å². The second-order valence-electron chi connectivity index (χ2n) is 5.93. The predicted molar refractivity (Wildman–Crippen MR) is 84.5 cm³/mol. The fourth-order valence-electron chi connectivity index (χ4n) is 2.05. The molecule has 0 spiro atoms. The van der Waals surface area contributed by atoms with Crippen LogP contribution in [0, 0.1) is 0 Å². The Labute approximate surface area is 132 Å². The summed E-state index contributed by atoms with van der Waals surface area (Å²) in [5, 5.41) is 6.92. The highest BCUT2D eigenvalue weighted by Crippen LogP contribution is 2.25. The van der Waals surface area contributed by atoms with Gasteiger partial charge in [0.25, 0.3) is 5.91 Å². The number of hydrogen-bond acceptors (Lipinski definition) is 6. The minimum Gasteiger partial charge on any atom is -0.350 e. The second-order valence-corrected chi connectivity index (χ2v) is 7.69. The molecular weight excluding hydrogens is 308 g/mol. The molecule has 0 unspecified atom stereocenters. The van der Waals surface area contributed by atoms with Crippen LogP contribution in [0.25, 0.3) is 0 Å². The van der Waals surface area contributed by atoms with Gasteiger partial charge in [-0.1, -0.05) is 11.4 Å². The molecule has 116 valence electrons. The highest BCUT2D eigenvalue weighted by molar-refractivity contribution is 7.99. The first-order valence-electron chi connectivity index (χ1n) is 6.85. The normalized spacial score (nSPS) is 18.9. The standard InChI is InChI=1S/C13H20N4O2S2/c1-5-8-10(21-16-15-8)12(19)17-7-20-6-9(17)11(18)14-13(2,3)4/h9H,5-7H2,1-4H3,(H,14,18)/t9-/m0/s1. The van der Waals surface area contributed by atoms with Crippen LogP contribution in [0.5, 0.6) is 0 Å². The van der Waals surface area contributed by atoms with Crippen LogP contribution in [-0.2, 0) is 11.2 Å². The van der Waals surface area contributed by atoms with Gasteiger partial charge >= 0.3 is 0 Å². The lowest BCUT2D eigenvalue weighted by molar-refractivity contribution is -0.125. The summed E-state index contributed by atoms with van der Waals surface area (Å²) >= 11 is 2.69. The van der Waals surface area contributed by atoms with E-state index >= 15 is 0 Å². The maximum Gasteiger partial charge on any atom is 0.268 e. The number of thioether (sulfide) groups is 1. The van der Waals surface area contributed by atoms with Gasteiger partial charge in [-0.05, 0) is 38.7 Å². The van der Waals surface area contributed by atoms with E-state index in [9.17, 15) is 9.59 Å². The molecule has 2 heterocycles. The van der Waals surface area contributed by atoms with Crippen molar-refractivity contribution in [1.29, 1.82) is 0 Å². The zero-order chi connectivity index (χ0) is 15.6. The van der Waals surface area contributed by atoms with Gasteiger partial charge in [0.1, 0.15) is 10.9 Å². The topological polar surface area (TPSA) is 75.2 Å². The van der Waals surface area contributed by atoms with Crippen molar-refractivity contribution in [2.75, 3.05) is 11.6 Å². The number of rotatable bonds is 3. The molecule has 1 fully saturated rings. The van der Waals surface area contributed by atoms with E-state index in [1.165, 1.54) is 0 Å². The van der Waals surface area contributed by atoms with Crippen molar-refractivity contribution in [3.63, 3.8) is 0 Å². The van der Waals surface area contributed by atoms with E-state index in [1.807, 2.05) is 27.7 Å². The fraction of sp³-hybridized carbons (Fsp3) is 0.692. The van der Waals surface area contributed by atoms with Crippen LogP contribution in [0.2, 0.25) is 0 Å². The van der Waals surface area contributed by atoms with Gasteiger partial charge in [-0.15, -0.1) is 16.9 Å². The van der Waals surface area contributed by atoms with Gasteiger partial charge in [0.05, 0.1) is 11.6 Å². The molecule has 1 aliphatic heterocycles. The lowest BCUT2D eigenvalue weighted by Crippen LogP contribution is -2.52. The molecule has 1 aliphatic rings. The third-order valence-corrected chi connectivity index (χ3v) is 4.80. The molecule has 21 heavy (non-hydrogen) atoms. The number of carbonyl (C=O) groups excluding carboxylic acids is 2. The van der Waals surface area contributed by atoms with Gasteiger partial charge in [0, 0.05) is 11.3 Å². The molecule has 0 aromatic carbocycles. The van der Waals surface area contributed by atoms with E-state index in [-0.39, 0.29) is 17.4 Å². The molecule has 2 amide bonds. The number of aryl methyl sites for hydroxylation is 1. The van der Waals surface area contributed by atoms with Gasteiger partial charge in [-0.2, -0.15) is 0 Å². The van der Waals surface area contributed by atoms with Gasteiger partial charge in [-0.25, -0.2) is 0 Å². The van der Waals surface area contributed by atoms with Crippen LogP contribution in [-0.4, -0.2) is 49.5 Å². The maximum absolute atomic E-state index is 12.6. The lowest BCUT2D eigenvalue weighted by atomic mass is 10.1. The van der Waals surface area contributed by atoms with Gasteiger partial charge in [-0.3, -0.25) is 9.59 Å². The number of aromatic nitrogens is 2. The van der Waals surface area contributed by atoms with Gasteiger partial charge in [0.15, 0.2) is 0 Å². The number of amides is 2. The van der Waals surface area contributed by atoms with Crippen molar-refractivity contribution >= 4 is 35.1 Å². The molecular formula is C13H20N4O2S2. The number of hydrogen-bond donors (Lipinski definition) is 1. The smallest absolute Gasteiger partial charge is 0.268 e. The zero-order valence-electron chi connectivity index (χ0n) is 12.7. The Morgan fingerprint density at radius 3 is 2.76 bits per heavy atom. The largest absolute Gasteiger partial charge is 0.350 e. The summed E-state index contributed by atoms with van der Waals surface area (Å²) in [5.41, 5.74) is 0.400. The number of nitrogens with zero attached hydrogens (tertiary/aromatic N) is 3. The summed E-state index contributed by atoms with van der Waals surface area (Å²) < 4.78 is 3.85. The van der Waals surface area contributed by atoms with Crippen LogP contribution in [0.15, 0.2) is 0 Å². The molecule has 0 saturated carbocycles. The molecule has 6 nitrogen and oxygen atoms in total. The van der Waals surface area contributed by atoms with E-state index < -0.39 is 6.04 Å². The van der Waals surface area contributed by atoms with E-state index in [4.69, 9.17) is 0 Å². The van der Waals surface area contributed by atoms with Crippen LogP contribution in [0.1, 0.15) is 43.1 Å². The summed E-state index contributed by atoms with van der Waals surface area (Å²) in [5.74, 6) is 0.918. The Hall–Kier alpha value is -1.15. The quantitative estimate of drug-likeness (QED) is 0.911. The number of carbonyl (C=O) groups is 2. The van der Waals surface area contributed by atoms with E-state index in [0.717, 1.165) is 11.5 Å². The summed E-state index contributed by atoms with van der Waals surface area (Å²) in [6.07, 6.45) is 0.664. The molecule has 1 N–H and O–H groups in total. The van der Waals surface area contributed by atoms with Crippen LogP contribution < -0.4 is 5.32 Å². The summed E-state index contributed by atoms with van der Waals surface area (Å²) in [4.78, 5) is 27.2. The van der Waals surface area contributed by atoms with Crippen molar-refractivity contribution in [3.8, 4) is 0 Å². The number of nitrogens with one attached hydrogen (secondary N) is 1. The van der Waals surface area contributed by atoms with E-state index in [1.54, 1.807) is 16.7 Å². The van der Waals surface area contributed by atoms with Gasteiger partial charge < -0.3 is 10.2 Å². The molecule has 0 bridgehead atoms. The van der Waals surface area contributed by atoms with Crippen molar-refractivity contribution in [3.05, 3.63) is 10.6 Å². The molecule has 1 aromatic rings. The molecule has 1 saturated heterocycles. The summed E-state index contributed by atoms with van der Waals surface area (Å²) in [7, 11) is 0. The Bertz CT molecular complexity index is 539. The first-order valence-corrected chi connectivity index (χ1v) is 8.78. The molecule has 1 aromatic heterocycles. The monoisotopic (exact) mass is 328 g/mol. The van der Waals surface area contributed by atoms with E-state index in [2.05, 4.69) is 14.9 Å². The van der Waals surface area contributed by atoms with Crippen molar-refractivity contribution < 1.29 is 9.59 Å². The zero-order valence-corrected chi connectivity index (χ0v) is 14.3. The minimum atomic E-state index is -0.423. The molecule has 1 atom stereocenters. The summed E-state index contributed by atoms with van der Waals surface area (Å²) in [6.45, 7) is 7.74. The minimum absolute atomic E-state index is 0.101.